The second-order valence-electron chi connectivity index (χ2n) is 7.21. The summed E-state index contributed by atoms with van der Waals surface area (Å²) >= 11 is 1.57. The second kappa shape index (κ2) is 8.84. The van der Waals surface area contributed by atoms with Gasteiger partial charge in [-0.1, -0.05) is 6.92 Å². The van der Waals surface area contributed by atoms with Gasteiger partial charge in [-0.15, -0.1) is 11.3 Å². The van der Waals surface area contributed by atoms with Gasteiger partial charge >= 0.3 is 0 Å². The van der Waals surface area contributed by atoms with E-state index in [4.69, 9.17) is 9.47 Å². The fraction of sp³-hybridized carbons (Fsp3) is 0.429. The molecule has 1 aliphatic heterocycles. The number of fused-ring (bicyclic) bond motifs is 2. The molecule has 1 atom stereocenters. The third kappa shape index (κ3) is 4.71. The van der Waals surface area contributed by atoms with E-state index in [1.54, 1.807) is 18.4 Å². The first-order chi connectivity index (χ1) is 14.1. The zero-order chi connectivity index (χ0) is 20.2. The molecule has 0 radical (unpaired) electrons. The van der Waals surface area contributed by atoms with E-state index in [1.165, 1.54) is 0 Å². The van der Waals surface area contributed by atoms with Crippen molar-refractivity contribution < 1.29 is 14.3 Å². The standard InChI is InChI=1S/C21H26N4O3S/c1-3-17-14-24(12-15-10-18(27-2)4-5-19(15)28-17)7-6-22-20(26)11-16-13-25-8-9-29-21(25)23-16/h4-5,8-10,13,17H,3,6-7,11-12,14H2,1-2H3,(H,22,26). The lowest BCUT2D eigenvalue weighted by molar-refractivity contribution is -0.120. The number of methoxy groups -OCH3 is 1. The number of carbonyl (C=O) groups is 1. The number of imidazole rings is 1. The zero-order valence-electron chi connectivity index (χ0n) is 16.8. The lowest BCUT2D eigenvalue weighted by atomic mass is 10.2. The molecule has 3 heterocycles. The number of hydrogen-bond acceptors (Lipinski definition) is 6. The molecule has 0 saturated carbocycles. The highest BCUT2D eigenvalue weighted by Gasteiger charge is 2.22. The Morgan fingerprint density at radius 1 is 1.45 bits per heavy atom. The van der Waals surface area contributed by atoms with E-state index in [0.717, 1.165) is 53.8 Å². The highest BCUT2D eigenvalue weighted by Crippen LogP contribution is 2.29. The third-order valence-corrected chi connectivity index (χ3v) is 5.88. The lowest BCUT2D eigenvalue weighted by Gasteiger charge is -2.23. The van der Waals surface area contributed by atoms with Crippen LogP contribution in [0.4, 0.5) is 0 Å². The summed E-state index contributed by atoms with van der Waals surface area (Å²) in [7, 11) is 1.67. The van der Waals surface area contributed by atoms with Crippen LogP contribution in [-0.2, 0) is 17.8 Å². The number of benzene rings is 1. The minimum atomic E-state index is -0.00376. The minimum Gasteiger partial charge on any atom is -0.497 e. The fourth-order valence-corrected chi connectivity index (χ4v) is 4.27. The van der Waals surface area contributed by atoms with Gasteiger partial charge in [-0.05, 0) is 24.6 Å². The van der Waals surface area contributed by atoms with Gasteiger partial charge in [0.05, 0.1) is 19.2 Å². The van der Waals surface area contributed by atoms with E-state index in [2.05, 4.69) is 22.1 Å². The largest absolute Gasteiger partial charge is 0.497 e. The summed E-state index contributed by atoms with van der Waals surface area (Å²) in [6, 6.07) is 5.95. The monoisotopic (exact) mass is 414 g/mol. The van der Waals surface area contributed by atoms with Gasteiger partial charge in [-0.3, -0.25) is 14.1 Å². The van der Waals surface area contributed by atoms with Gasteiger partial charge in [0.1, 0.15) is 17.6 Å². The molecular formula is C21H26N4O3S. The Morgan fingerprint density at radius 3 is 3.14 bits per heavy atom. The van der Waals surface area contributed by atoms with Crippen molar-refractivity contribution in [3.63, 3.8) is 0 Å². The number of nitrogens with one attached hydrogen (secondary N) is 1. The average Bonchev–Trinajstić information content (AvgIpc) is 3.24. The van der Waals surface area contributed by atoms with Crippen molar-refractivity contribution in [2.45, 2.75) is 32.4 Å². The van der Waals surface area contributed by atoms with Gasteiger partial charge in [-0.2, -0.15) is 0 Å². The van der Waals surface area contributed by atoms with Crippen LogP contribution in [0.5, 0.6) is 11.5 Å². The maximum Gasteiger partial charge on any atom is 0.226 e. The van der Waals surface area contributed by atoms with Gasteiger partial charge < -0.3 is 14.8 Å². The maximum absolute atomic E-state index is 12.3. The van der Waals surface area contributed by atoms with E-state index in [1.807, 2.05) is 40.4 Å². The normalized spacial score (nSPS) is 16.8. The van der Waals surface area contributed by atoms with Crippen molar-refractivity contribution in [3.8, 4) is 11.5 Å². The summed E-state index contributed by atoms with van der Waals surface area (Å²) in [5.41, 5.74) is 1.91. The molecule has 1 unspecified atom stereocenters. The molecule has 1 amide bonds. The first-order valence-corrected chi connectivity index (χ1v) is 10.8. The van der Waals surface area contributed by atoms with Gasteiger partial charge in [0.15, 0.2) is 4.96 Å². The summed E-state index contributed by atoms with van der Waals surface area (Å²) in [5.74, 6) is 1.75. The Morgan fingerprint density at radius 2 is 2.34 bits per heavy atom. The highest BCUT2D eigenvalue weighted by atomic mass is 32.1. The van der Waals surface area contributed by atoms with Gasteiger partial charge in [0, 0.05) is 49.5 Å². The molecule has 3 aromatic rings. The molecule has 154 valence electrons. The van der Waals surface area contributed by atoms with Crippen molar-refractivity contribution in [1.29, 1.82) is 0 Å². The van der Waals surface area contributed by atoms with E-state index in [-0.39, 0.29) is 12.0 Å². The molecule has 1 N–H and O–H groups in total. The molecule has 2 aromatic heterocycles. The zero-order valence-corrected chi connectivity index (χ0v) is 17.6. The van der Waals surface area contributed by atoms with Crippen LogP contribution in [0.25, 0.3) is 4.96 Å². The molecule has 0 bridgehead atoms. The molecule has 1 aromatic carbocycles. The minimum absolute atomic E-state index is 0.00376. The number of rotatable bonds is 7. The van der Waals surface area contributed by atoms with Crippen LogP contribution in [0.3, 0.4) is 0 Å². The topological polar surface area (TPSA) is 68.1 Å². The van der Waals surface area contributed by atoms with Crippen LogP contribution in [0.15, 0.2) is 36.0 Å². The average molecular weight is 415 g/mol. The molecule has 0 aliphatic carbocycles. The number of aromatic nitrogens is 2. The number of carbonyl (C=O) groups excluding carboxylic acids is 1. The fourth-order valence-electron chi connectivity index (χ4n) is 3.56. The van der Waals surface area contributed by atoms with Crippen molar-refractivity contribution >= 4 is 22.2 Å². The Balaban J connectivity index is 1.32. The van der Waals surface area contributed by atoms with Crippen molar-refractivity contribution in [3.05, 3.63) is 47.2 Å². The summed E-state index contributed by atoms with van der Waals surface area (Å²) in [5, 5.41) is 5.00. The van der Waals surface area contributed by atoms with Crippen LogP contribution in [-0.4, -0.2) is 53.0 Å². The molecule has 7 nitrogen and oxygen atoms in total. The van der Waals surface area contributed by atoms with Crippen LogP contribution in [0.1, 0.15) is 24.6 Å². The highest BCUT2D eigenvalue weighted by molar-refractivity contribution is 7.15. The molecule has 1 aliphatic rings. The Labute approximate surface area is 174 Å². The molecule has 0 fully saturated rings. The van der Waals surface area contributed by atoms with Crippen LogP contribution >= 0.6 is 11.3 Å². The van der Waals surface area contributed by atoms with Crippen LogP contribution in [0.2, 0.25) is 0 Å². The van der Waals surface area contributed by atoms with E-state index >= 15 is 0 Å². The number of ether oxygens (including phenoxy) is 2. The van der Waals surface area contributed by atoms with Crippen molar-refractivity contribution in [2.75, 3.05) is 26.7 Å². The number of hydrogen-bond donors (Lipinski definition) is 1. The SMILES string of the molecule is CCC1CN(CCNC(=O)Cc2cn3ccsc3n2)Cc2cc(OC)ccc2O1. The predicted octanol–water partition coefficient (Wildman–Crippen LogP) is 2.74. The lowest BCUT2D eigenvalue weighted by Crippen LogP contribution is -2.38. The van der Waals surface area contributed by atoms with E-state index in [9.17, 15) is 4.79 Å². The molecular weight excluding hydrogens is 388 g/mol. The van der Waals surface area contributed by atoms with Crippen molar-refractivity contribution in [1.82, 2.24) is 19.6 Å². The second-order valence-corrected chi connectivity index (χ2v) is 8.08. The molecule has 0 saturated heterocycles. The maximum atomic E-state index is 12.3. The quantitative estimate of drug-likeness (QED) is 0.644. The first-order valence-electron chi connectivity index (χ1n) is 9.88. The van der Waals surface area contributed by atoms with Gasteiger partial charge in [0.25, 0.3) is 0 Å². The molecule has 8 heteroatoms. The number of thiazole rings is 1. The van der Waals surface area contributed by atoms with Crippen molar-refractivity contribution in [2.24, 2.45) is 0 Å². The van der Waals surface area contributed by atoms with Crippen LogP contribution in [0, 0.1) is 0 Å². The summed E-state index contributed by atoms with van der Waals surface area (Å²) in [6.07, 6.45) is 5.24. The molecule has 0 spiro atoms. The summed E-state index contributed by atoms with van der Waals surface area (Å²) < 4.78 is 13.5. The van der Waals surface area contributed by atoms with Crippen LogP contribution < -0.4 is 14.8 Å². The molecule has 4 rings (SSSR count). The predicted molar refractivity (Wildman–Crippen MR) is 113 cm³/mol. The van der Waals surface area contributed by atoms with Gasteiger partial charge in [-0.25, -0.2) is 4.98 Å². The number of amides is 1. The van der Waals surface area contributed by atoms with Gasteiger partial charge in [0.2, 0.25) is 5.91 Å². The van der Waals surface area contributed by atoms with E-state index < -0.39 is 0 Å². The summed E-state index contributed by atoms with van der Waals surface area (Å²) in [6.45, 7) is 5.10. The molecule has 29 heavy (non-hydrogen) atoms. The summed E-state index contributed by atoms with van der Waals surface area (Å²) in [4.78, 5) is 20.0. The third-order valence-electron chi connectivity index (χ3n) is 5.11. The number of nitrogens with zero attached hydrogens (tertiary/aromatic N) is 3. The van der Waals surface area contributed by atoms with E-state index in [0.29, 0.717) is 13.0 Å². The first kappa shape index (κ1) is 19.7. The smallest absolute Gasteiger partial charge is 0.226 e. The Hall–Kier alpha value is -2.58. The Bertz CT molecular complexity index is 955. The Kier molecular flexibility index (Phi) is 6.01.